The van der Waals surface area contributed by atoms with Crippen LogP contribution in [0.3, 0.4) is 0 Å². The Hall–Kier alpha value is -0.570. The molecule has 1 fully saturated rings. The SMILES string of the molecule is CCCCCCCCCC(=O)N1CCC(CC)CC1CN. The first kappa shape index (κ1) is 18.5. The van der Waals surface area contributed by atoms with Gasteiger partial charge in [0.1, 0.15) is 0 Å². The van der Waals surface area contributed by atoms with E-state index in [1.165, 1.54) is 44.9 Å². The van der Waals surface area contributed by atoms with Gasteiger partial charge in [-0.3, -0.25) is 4.79 Å². The molecular formula is C18H36N2O. The first-order valence-corrected chi connectivity index (χ1v) is 9.22. The Balaban J connectivity index is 2.18. The molecule has 3 heteroatoms. The lowest BCUT2D eigenvalue weighted by molar-refractivity contribution is -0.135. The van der Waals surface area contributed by atoms with Crippen LogP contribution in [0, 0.1) is 5.92 Å². The van der Waals surface area contributed by atoms with Crippen molar-refractivity contribution < 1.29 is 4.79 Å². The van der Waals surface area contributed by atoms with Crippen molar-refractivity contribution in [3.63, 3.8) is 0 Å². The van der Waals surface area contributed by atoms with E-state index in [2.05, 4.69) is 18.7 Å². The maximum absolute atomic E-state index is 12.4. The van der Waals surface area contributed by atoms with Gasteiger partial charge < -0.3 is 10.6 Å². The van der Waals surface area contributed by atoms with Crippen LogP contribution in [0.4, 0.5) is 0 Å². The van der Waals surface area contributed by atoms with Gasteiger partial charge in [0.2, 0.25) is 5.91 Å². The molecule has 1 aliphatic rings. The predicted molar refractivity (Wildman–Crippen MR) is 90.2 cm³/mol. The van der Waals surface area contributed by atoms with Gasteiger partial charge in [0.05, 0.1) is 0 Å². The average molecular weight is 296 g/mol. The number of hydrogen-bond donors (Lipinski definition) is 1. The van der Waals surface area contributed by atoms with Crippen molar-refractivity contribution in [2.45, 2.75) is 90.5 Å². The Bertz CT molecular complexity index is 280. The molecule has 2 unspecified atom stereocenters. The lowest BCUT2D eigenvalue weighted by atomic mass is 9.88. The monoisotopic (exact) mass is 296 g/mol. The summed E-state index contributed by atoms with van der Waals surface area (Å²) in [5.74, 6) is 1.11. The van der Waals surface area contributed by atoms with E-state index in [-0.39, 0.29) is 0 Å². The van der Waals surface area contributed by atoms with Crippen LogP contribution in [0.1, 0.15) is 84.5 Å². The van der Waals surface area contributed by atoms with Crippen LogP contribution in [0.2, 0.25) is 0 Å². The van der Waals surface area contributed by atoms with Crippen molar-refractivity contribution in [1.82, 2.24) is 4.90 Å². The van der Waals surface area contributed by atoms with Gasteiger partial charge in [0.25, 0.3) is 0 Å². The second-order valence-corrected chi connectivity index (χ2v) is 6.65. The Morgan fingerprint density at radius 1 is 1.10 bits per heavy atom. The van der Waals surface area contributed by atoms with E-state index in [4.69, 9.17) is 5.73 Å². The van der Waals surface area contributed by atoms with E-state index in [0.717, 1.165) is 38.1 Å². The number of nitrogens with zero attached hydrogens (tertiary/aromatic N) is 1. The van der Waals surface area contributed by atoms with Crippen LogP contribution in [-0.2, 0) is 4.79 Å². The number of amides is 1. The van der Waals surface area contributed by atoms with Gasteiger partial charge in [-0.2, -0.15) is 0 Å². The molecule has 0 aromatic carbocycles. The molecule has 3 nitrogen and oxygen atoms in total. The molecule has 0 spiro atoms. The van der Waals surface area contributed by atoms with Crippen LogP contribution in [0.25, 0.3) is 0 Å². The van der Waals surface area contributed by atoms with Crippen LogP contribution in [-0.4, -0.2) is 29.9 Å². The number of carbonyl (C=O) groups excluding carboxylic acids is 1. The smallest absolute Gasteiger partial charge is 0.222 e. The lowest BCUT2D eigenvalue weighted by Gasteiger charge is -2.39. The summed E-state index contributed by atoms with van der Waals surface area (Å²) in [4.78, 5) is 14.4. The molecule has 1 aliphatic heterocycles. The van der Waals surface area contributed by atoms with E-state index < -0.39 is 0 Å². The number of nitrogens with two attached hydrogens (primary N) is 1. The molecule has 0 aliphatic carbocycles. The zero-order valence-electron chi connectivity index (χ0n) is 14.3. The van der Waals surface area contributed by atoms with Gasteiger partial charge in [-0.25, -0.2) is 0 Å². The van der Waals surface area contributed by atoms with Crippen molar-refractivity contribution in [3.05, 3.63) is 0 Å². The summed E-state index contributed by atoms with van der Waals surface area (Å²) in [5.41, 5.74) is 5.88. The minimum absolute atomic E-state index is 0.292. The summed E-state index contributed by atoms with van der Waals surface area (Å²) in [7, 11) is 0. The normalized spacial score (nSPS) is 22.5. The third-order valence-electron chi connectivity index (χ3n) is 4.99. The summed E-state index contributed by atoms with van der Waals surface area (Å²) in [6.45, 7) is 6.04. The van der Waals surface area contributed by atoms with Crippen LogP contribution in [0.5, 0.6) is 0 Å². The largest absolute Gasteiger partial charge is 0.338 e. The summed E-state index contributed by atoms with van der Waals surface area (Å²) in [6.07, 6.45) is 13.1. The zero-order valence-corrected chi connectivity index (χ0v) is 14.3. The van der Waals surface area contributed by atoms with Crippen molar-refractivity contribution in [2.75, 3.05) is 13.1 Å². The molecule has 1 rings (SSSR count). The quantitative estimate of drug-likeness (QED) is 0.617. The van der Waals surface area contributed by atoms with Gasteiger partial charge >= 0.3 is 0 Å². The molecule has 1 heterocycles. The fourth-order valence-electron chi connectivity index (χ4n) is 3.43. The summed E-state index contributed by atoms with van der Waals surface area (Å²) in [5, 5.41) is 0. The topological polar surface area (TPSA) is 46.3 Å². The number of piperidine rings is 1. The standard InChI is InChI=1S/C18H36N2O/c1-3-5-6-7-8-9-10-11-18(21)20-13-12-16(4-2)14-17(20)15-19/h16-17H,3-15,19H2,1-2H3. The third-order valence-corrected chi connectivity index (χ3v) is 4.99. The van der Waals surface area contributed by atoms with Crippen LogP contribution < -0.4 is 5.73 Å². The van der Waals surface area contributed by atoms with E-state index in [9.17, 15) is 4.79 Å². The second kappa shape index (κ2) is 11.1. The Morgan fingerprint density at radius 3 is 2.38 bits per heavy atom. The van der Waals surface area contributed by atoms with E-state index >= 15 is 0 Å². The van der Waals surface area contributed by atoms with Gasteiger partial charge in [-0.15, -0.1) is 0 Å². The molecule has 0 bridgehead atoms. The molecule has 1 amide bonds. The van der Waals surface area contributed by atoms with Gasteiger partial charge in [0.15, 0.2) is 0 Å². The Labute approximate surface area is 131 Å². The molecule has 2 atom stereocenters. The maximum atomic E-state index is 12.4. The number of likely N-dealkylation sites (tertiary alicyclic amines) is 1. The molecule has 0 aromatic rings. The summed E-state index contributed by atoms with van der Waals surface area (Å²) >= 11 is 0. The lowest BCUT2D eigenvalue weighted by Crippen LogP contribution is -2.49. The van der Waals surface area contributed by atoms with Gasteiger partial charge in [-0.05, 0) is 25.2 Å². The average Bonchev–Trinajstić information content (AvgIpc) is 2.53. The highest BCUT2D eigenvalue weighted by Crippen LogP contribution is 2.25. The molecule has 0 radical (unpaired) electrons. The zero-order chi connectivity index (χ0) is 15.5. The minimum Gasteiger partial charge on any atom is -0.338 e. The highest BCUT2D eigenvalue weighted by molar-refractivity contribution is 5.76. The Kier molecular flexibility index (Phi) is 9.73. The Morgan fingerprint density at radius 2 is 1.76 bits per heavy atom. The molecule has 0 saturated carbocycles. The fraction of sp³-hybridized carbons (Fsp3) is 0.944. The van der Waals surface area contributed by atoms with Gasteiger partial charge in [-0.1, -0.05) is 58.8 Å². The number of unbranched alkanes of at least 4 members (excludes halogenated alkanes) is 6. The molecule has 21 heavy (non-hydrogen) atoms. The second-order valence-electron chi connectivity index (χ2n) is 6.65. The first-order valence-electron chi connectivity index (χ1n) is 9.22. The predicted octanol–water partition coefficient (Wildman–Crippen LogP) is 4.10. The van der Waals surface area contributed by atoms with E-state index in [1.54, 1.807) is 0 Å². The minimum atomic E-state index is 0.292. The van der Waals surface area contributed by atoms with Gasteiger partial charge in [0, 0.05) is 25.6 Å². The maximum Gasteiger partial charge on any atom is 0.222 e. The van der Waals surface area contributed by atoms with Crippen LogP contribution in [0.15, 0.2) is 0 Å². The summed E-state index contributed by atoms with van der Waals surface area (Å²) < 4.78 is 0. The van der Waals surface area contributed by atoms with Crippen molar-refractivity contribution in [3.8, 4) is 0 Å². The molecular weight excluding hydrogens is 260 g/mol. The van der Waals surface area contributed by atoms with Crippen molar-refractivity contribution >= 4 is 5.91 Å². The number of carbonyl (C=O) groups is 1. The first-order chi connectivity index (χ1) is 10.2. The third kappa shape index (κ3) is 6.82. The molecule has 124 valence electrons. The number of hydrogen-bond acceptors (Lipinski definition) is 2. The summed E-state index contributed by atoms with van der Waals surface area (Å²) in [6, 6.07) is 0.292. The highest BCUT2D eigenvalue weighted by atomic mass is 16.2. The molecule has 0 aromatic heterocycles. The molecule has 1 saturated heterocycles. The van der Waals surface area contributed by atoms with Crippen molar-refractivity contribution in [1.29, 1.82) is 0 Å². The highest BCUT2D eigenvalue weighted by Gasteiger charge is 2.29. The number of rotatable bonds is 10. The van der Waals surface area contributed by atoms with Crippen LogP contribution >= 0.6 is 0 Å². The van der Waals surface area contributed by atoms with E-state index in [1.807, 2.05) is 0 Å². The van der Waals surface area contributed by atoms with E-state index in [0.29, 0.717) is 18.5 Å². The van der Waals surface area contributed by atoms with Crippen molar-refractivity contribution in [2.24, 2.45) is 11.7 Å². The molecule has 2 N–H and O–H groups in total. The fourth-order valence-corrected chi connectivity index (χ4v) is 3.43.